The molecule has 0 saturated heterocycles. The molecule has 0 aromatic carbocycles. The molecule has 0 atom stereocenters. The third-order valence-electron chi connectivity index (χ3n) is 1.51. The molecule has 21 heavy (non-hydrogen) atoms. The average Bonchev–Trinajstić information content (AvgIpc) is 2.12. The molecule has 2 N–H and O–H groups in total. The summed E-state index contributed by atoms with van der Waals surface area (Å²) in [5.74, 6) is -6.99. The number of halogens is 7. The van der Waals surface area contributed by atoms with E-state index in [0.29, 0.717) is 6.42 Å². The highest BCUT2D eigenvalue weighted by Gasteiger charge is 2.78. The van der Waals surface area contributed by atoms with Gasteiger partial charge in [0.1, 0.15) is 0 Å². The highest BCUT2D eigenvalue weighted by atomic mass is 32.2. The minimum Gasteiger partial charge on any atom is -0.286 e. The van der Waals surface area contributed by atoms with Crippen LogP contribution in [0.3, 0.4) is 0 Å². The molecule has 0 aliphatic carbocycles. The van der Waals surface area contributed by atoms with Gasteiger partial charge in [0.15, 0.2) is 0 Å². The van der Waals surface area contributed by atoms with Crippen LogP contribution in [0.25, 0.3) is 0 Å². The molecule has 0 rings (SSSR count). The Morgan fingerprint density at radius 1 is 0.857 bits per heavy atom. The van der Waals surface area contributed by atoms with Crippen LogP contribution in [0.4, 0.5) is 30.7 Å². The van der Waals surface area contributed by atoms with Gasteiger partial charge in [-0.05, 0) is 6.42 Å². The molecule has 0 saturated carbocycles. The standard InChI is InChI=1S/C3HF7O3S.C3H8O3S/c4-1(5,2(6,7)8)3(9,10)14(11,12)13;1-2-3-7(4,5)6/h(H,11,12,13);2-3H2,1H3,(H,4,5,6). The Balaban J connectivity index is 0. The lowest BCUT2D eigenvalue weighted by atomic mass is 10.3. The smallest absolute Gasteiger partial charge is 0.286 e. The van der Waals surface area contributed by atoms with Crippen molar-refractivity contribution in [1.82, 2.24) is 0 Å². The summed E-state index contributed by atoms with van der Waals surface area (Å²) >= 11 is 0. The van der Waals surface area contributed by atoms with Crippen molar-refractivity contribution in [3.05, 3.63) is 0 Å². The monoisotopic (exact) mass is 374 g/mol. The summed E-state index contributed by atoms with van der Waals surface area (Å²) in [5, 5.41) is -6.61. The van der Waals surface area contributed by atoms with E-state index in [1.165, 1.54) is 0 Å². The highest BCUT2D eigenvalue weighted by molar-refractivity contribution is 7.87. The van der Waals surface area contributed by atoms with Gasteiger partial charge in [0, 0.05) is 0 Å². The average molecular weight is 374 g/mol. The van der Waals surface area contributed by atoms with Crippen LogP contribution < -0.4 is 0 Å². The van der Waals surface area contributed by atoms with E-state index in [2.05, 4.69) is 0 Å². The molecule has 0 aliphatic heterocycles. The zero-order valence-corrected chi connectivity index (χ0v) is 11.5. The molecule has 0 amide bonds. The van der Waals surface area contributed by atoms with E-state index in [0.717, 1.165) is 0 Å². The molecule has 0 aliphatic rings. The van der Waals surface area contributed by atoms with Gasteiger partial charge >= 0.3 is 27.5 Å². The summed E-state index contributed by atoms with van der Waals surface area (Å²) in [6.07, 6.45) is -6.31. The quantitative estimate of drug-likeness (QED) is 0.575. The number of hydrogen-bond donors (Lipinski definition) is 2. The first kappa shape index (κ1) is 22.6. The van der Waals surface area contributed by atoms with Crippen LogP contribution >= 0.6 is 0 Å². The summed E-state index contributed by atoms with van der Waals surface area (Å²) in [4.78, 5) is 0. The van der Waals surface area contributed by atoms with E-state index in [4.69, 9.17) is 9.11 Å². The highest BCUT2D eigenvalue weighted by Crippen LogP contribution is 2.48. The van der Waals surface area contributed by atoms with E-state index in [1.807, 2.05) is 0 Å². The number of hydrogen-bond acceptors (Lipinski definition) is 4. The van der Waals surface area contributed by atoms with Gasteiger partial charge in [-0.25, -0.2) is 0 Å². The molecule has 0 bridgehead atoms. The molecule has 0 unspecified atom stereocenters. The Morgan fingerprint density at radius 2 is 1.19 bits per heavy atom. The van der Waals surface area contributed by atoms with Crippen LogP contribution in [0.15, 0.2) is 0 Å². The lowest BCUT2D eigenvalue weighted by Crippen LogP contribution is -2.55. The number of rotatable bonds is 4. The predicted octanol–water partition coefficient (Wildman–Crippen LogP) is 1.95. The first-order valence-electron chi connectivity index (χ1n) is 4.55. The first-order chi connectivity index (χ1) is 8.81. The van der Waals surface area contributed by atoms with Crippen molar-refractivity contribution in [2.24, 2.45) is 0 Å². The van der Waals surface area contributed by atoms with Crippen LogP contribution in [0.1, 0.15) is 13.3 Å². The summed E-state index contributed by atoms with van der Waals surface area (Å²) in [6, 6.07) is 0. The van der Waals surface area contributed by atoms with Gasteiger partial charge in [0.2, 0.25) is 0 Å². The van der Waals surface area contributed by atoms with E-state index < -0.39 is 37.6 Å². The van der Waals surface area contributed by atoms with Gasteiger partial charge in [-0.3, -0.25) is 9.11 Å². The maximum Gasteiger partial charge on any atom is 0.461 e. The summed E-state index contributed by atoms with van der Waals surface area (Å²) < 4.78 is 135. The molecule has 6 nitrogen and oxygen atoms in total. The van der Waals surface area contributed by atoms with Gasteiger partial charge in [0.25, 0.3) is 10.1 Å². The Kier molecular flexibility index (Phi) is 7.12. The molecule has 0 spiro atoms. The maximum absolute atomic E-state index is 11.9. The first-order valence-corrected chi connectivity index (χ1v) is 7.60. The minimum absolute atomic E-state index is 0.132. The molecule has 0 heterocycles. The van der Waals surface area contributed by atoms with Crippen molar-refractivity contribution >= 4 is 20.2 Å². The SMILES string of the molecule is CCCS(=O)(=O)O.O=S(=O)(O)C(F)(F)C(F)(F)C(F)(F)F. The lowest BCUT2D eigenvalue weighted by molar-refractivity contribution is -0.333. The van der Waals surface area contributed by atoms with Gasteiger partial charge in [-0.15, -0.1) is 0 Å². The Labute approximate surface area is 114 Å². The molecule has 0 radical (unpaired) electrons. The fourth-order valence-electron chi connectivity index (χ4n) is 0.585. The van der Waals surface area contributed by atoms with Crippen LogP contribution in [-0.2, 0) is 20.2 Å². The van der Waals surface area contributed by atoms with Crippen molar-refractivity contribution in [2.75, 3.05) is 5.75 Å². The third-order valence-corrected chi connectivity index (χ3v) is 3.34. The summed E-state index contributed by atoms with van der Waals surface area (Å²) in [6.45, 7) is 1.69. The molecule has 0 aromatic heterocycles. The fraction of sp³-hybridized carbons (Fsp3) is 1.00. The molecule has 130 valence electrons. The zero-order chi connectivity index (χ0) is 17.9. The van der Waals surface area contributed by atoms with Gasteiger partial charge < -0.3 is 0 Å². The largest absolute Gasteiger partial charge is 0.461 e. The topological polar surface area (TPSA) is 109 Å². The van der Waals surface area contributed by atoms with Crippen molar-refractivity contribution < 1.29 is 56.7 Å². The summed E-state index contributed by atoms with van der Waals surface area (Å²) in [7, 11) is -10.5. The minimum atomic E-state index is -6.85. The van der Waals surface area contributed by atoms with E-state index in [9.17, 15) is 47.6 Å². The molecule has 0 aromatic rings. The van der Waals surface area contributed by atoms with Crippen molar-refractivity contribution in [1.29, 1.82) is 0 Å². The Hall–Kier alpha value is -0.670. The Bertz CT molecular complexity index is 534. The van der Waals surface area contributed by atoms with Gasteiger partial charge in [-0.2, -0.15) is 47.6 Å². The Morgan fingerprint density at radius 3 is 1.24 bits per heavy atom. The van der Waals surface area contributed by atoms with Crippen molar-refractivity contribution in [2.45, 2.75) is 30.7 Å². The second kappa shape index (κ2) is 6.62. The number of alkyl halides is 7. The zero-order valence-electron chi connectivity index (χ0n) is 9.90. The van der Waals surface area contributed by atoms with Crippen molar-refractivity contribution in [3.8, 4) is 0 Å². The maximum atomic E-state index is 11.9. The van der Waals surface area contributed by atoms with E-state index in [1.54, 1.807) is 6.92 Å². The normalized spacial score (nSPS) is 14.4. The van der Waals surface area contributed by atoms with Gasteiger partial charge in [-0.1, -0.05) is 6.92 Å². The molecular formula is C6H9F7O6S2. The second-order valence-electron chi connectivity index (χ2n) is 3.35. The second-order valence-corrected chi connectivity index (χ2v) is 6.38. The van der Waals surface area contributed by atoms with Crippen LogP contribution in [0.2, 0.25) is 0 Å². The molecule has 15 heteroatoms. The van der Waals surface area contributed by atoms with E-state index >= 15 is 0 Å². The van der Waals surface area contributed by atoms with E-state index in [-0.39, 0.29) is 5.75 Å². The molecular weight excluding hydrogens is 365 g/mol. The predicted molar refractivity (Wildman–Crippen MR) is 54.2 cm³/mol. The van der Waals surface area contributed by atoms with Crippen LogP contribution in [0, 0.1) is 0 Å². The fourth-order valence-corrected chi connectivity index (χ4v) is 1.54. The van der Waals surface area contributed by atoms with Gasteiger partial charge in [0.05, 0.1) is 5.75 Å². The third kappa shape index (κ3) is 6.31. The molecule has 0 fully saturated rings. The summed E-state index contributed by atoms with van der Waals surface area (Å²) in [5.41, 5.74) is 0. The lowest BCUT2D eigenvalue weighted by Gasteiger charge is -2.25. The van der Waals surface area contributed by atoms with Crippen molar-refractivity contribution in [3.63, 3.8) is 0 Å². The van der Waals surface area contributed by atoms with Crippen LogP contribution in [0.5, 0.6) is 0 Å². The van der Waals surface area contributed by atoms with Crippen LogP contribution in [-0.4, -0.2) is 49.0 Å².